The molecule has 1 atom stereocenters. The average Bonchev–Trinajstić information content (AvgIpc) is 3.03. The lowest BCUT2D eigenvalue weighted by Crippen LogP contribution is -2.36. The summed E-state index contributed by atoms with van der Waals surface area (Å²) in [6.07, 6.45) is 2.42. The highest BCUT2D eigenvalue weighted by Gasteiger charge is 2.26. The van der Waals surface area contributed by atoms with Crippen LogP contribution in [0.1, 0.15) is 35.1 Å². The van der Waals surface area contributed by atoms with Crippen LogP contribution < -0.4 is 10.1 Å². The molecule has 1 aliphatic carbocycles. The molecule has 7 heteroatoms. The second-order valence-electron chi connectivity index (χ2n) is 7.04. The Kier molecular flexibility index (Phi) is 4.80. The van der Waals surface area contributed by atoms with Crippen molar-refractivity contribution >= 4 is 21.6 Å². The Bertz CT molecular complexity index is 1000. The van der Waals surface area contributed by atoms with Gasteiger partial charge >= 0.3 is 0 Å². The Morgan fingerprint density at radius 1 is 1.04 bits per heavy atom. The number of hydrazone groups is 1. The SMILES string of the molecule is O=C1CCC(c2ccc3c(c2)CC(NS(=O)(=O)Cc2ccccc2)C3)=NN1. The van der Waals surface area contributed by atoms with Crippen LogP contribution in [-0.4, -0.2) is 26.1 Å². The van der Waals surface area contributed by atoms with E-state index in [2.05, 4.69) is 21.3 Å². The Morgan fingerprint density at radius 2 is 1.81 bits per heavy atom. The van der Waals surface area contributed by atoms with E-state index < -0.39 is 10.0 Å². The lowest BCUT2D eigenvalue weighted by Gasteiger charge is -2.13. The van der Waals surface area contributed by atoms with E-state index in [1.165, 1.54) is 0 Å². The van der Waals surface area contributed by atoms with Crippen LogP contribution in [0.3, 0.4) is 0 Å². The molecule has 6 nitrogen and oxygen atoms in total. The summed E-state index contributed by atoms with van der Waals surface area (Å²) in [5.74, 6) is -0.0737. The highest BCUT2D eigenvalue weighted by molar-refractivity contribution is 7.88. The molecule has 140 valence electrons. The number of hydrogen-bond acceptors (Lipinski definition) is 4. The van der Waals surface area contributed by atoms with E-state index in [1.807, 2.05) is 42.5 Å². The number of hydrogen-bond donors (Lipinski definition) is 2. The van der Waals surface area contributed by atoms with E-state index in [9.17, 15) is 13.2 Å². The van der Waals surface area contributed by atoms with Gasteiger partial charge in [0.25, 0.3) is 0 Å². The van der Waals surface area contributed by atoms with Crippen molar-refractivity contribution in [3.63, 3.8) is 0 Å². The summed E-state index contributed by atoms with van der Waals surface area (Å²) in [7, 11) is -3.39. The minimum absolute atomic E-state index is 0.0115. The van der Waals surface area contributed by atoms with Gasteiger partial charge < -0.3 is 0 Å². The summed E-state index contributed by atoms with van der Waals surface area (Å²) in [6.45, 7) is 0. The van der Waals surface area contributed by atoms with Crippen molar-refractivity contribution in [3.05, 3.63) is 70.8 Å². The molecule has 2 aromatic rings. The van der Waals surface area contributed by atoms with E-state index in [0.717, 1.165) is 28.0 Å². The van der Waals surface area contributed by atoms with Crippen molar-refractivity contribution < 1.29 is 13.2 Å². The summed E-state index contributed by atoms with van der Waals surface area (Å²) in [4.78, 5) is 11.3. The first-order valence-corrected chi connectivity index (χ1v) is 10.7. The number of rotatable bonds is 5. The fraction of sp³-hybridized carbons (Fsp3) is 0.300. The van der Waals surface area contributed by atoms with Gasteiger partial charge in [-0.3, -0.25) is 4.79 Å². The van der Waals surface area contributed by atoms with Crippen LogP contribution >= 0.6 is 0 Å². The summed E-state index contributed by atoms with van der Waals surface area (Å²) < 4.78 is 27.8. The maximum atomic E-state index is 12.5. The van der Waals surface area contributed by atoms with Crippen LogP contribution in [0.2, 0.25) is 0 Å². The van der Waals surface area contributed by atoms with Crippen molar-refractivity contribution in [2.24, 2.45) is 5.10 Å². The number of amides is 1. The van der Waals surface area contributed by atoms with Gasteiger partial charge in [0.05, 0.1) is 11.5 Å². The average molecular weight is 383 g/mol. The molecule has 2 aliphatic rings. The third-order valence-corrected chi connectivity index (χ3v) is 6.33. The largest absolute Gasteiger partial charge is 0.273 e. The highest BCUT2D eigenvalue weighted by Crippen LogP contribution is 2.25. The van der Waals surface area contributed by atoms with Gasteiger partial charge in [-0.2, -0.15) is 5.10 Å². The predicted octanol–water partition coefficient (Wildman–Crippen LogP) is 1.89. The normalized spacial score (nSPS) is 19.3. The van der Waals surface area contributed by atoms with E-state index >= 15 is 0 Å². The Labute approximate surface area is 158 Å². The molecule has 1 amide bonds. The molecule has 0 fully saturated rings. The molecule has 27 heavy (non-hydrogen) atoms. The Hall–Kier alpha value is -2.51. The maximum absolute atomic E-state index is 12.5. The summed E-state index contributed by atoms with van der Waals surface area (Å²) in [6, 6.07) is 15.2. The fourth-order valence-electron chi connectivity index (χ4n) is 3.65. The fourth-order valence-corrected chi connectivity index (χ4v) is 5.04. The molecule has 2 aromatic carbocycles. The van der Waals surface area contributed by atoms with Gasteiger partial charge in [0.15, 0.2) is 0 Å². The minimum atomic E-state index is -3.39. The molecular formula is C20H21N3O3S. The van der Waals surface area contributed by atoms with Crippen molar-refractivity contribution in [3.8, 4) is 0 Å². The number of benzene rings is 2. The van der Waals surface area contributed by atoms with E-state index in [1.54, 1.807) is 0 Å². The van der Waals surface area contributed by atoms with Gasteiger partial charge in [-0.25, -0.2) is 18.6 Å². The van der Waals surface area contributed by atoms with Gasteiger partial charge in [-0.15, -0.1) is 0 Å². The minimum Gasteiger partial charge on any atom is -0.273 e. The molecular weight excluding hydrogens is 362 g/mol. The standard InChI is InChI=1S/C20H21N3O3S/c24-20-9-8-19(21-22-20)16-7-6-15-11-18(12-17(15)10-16)23-27(25,26)13-14-4-2-1-3-5-14/h1-7,10,18,23H,8-9,11-13H2,(H,22,24). The van der Waals surface area contributed by atoms with Crippen molar-refractivity contribution in [2.75, 3.05) is 0 Å². The lowest BCUT2D eigenvalue weighted by atomic mass is 10.00. The third kappa shape index (κ3) is 4.26. The second-order valence-corrected chi connectivity index (χ2v) is 8.80. The Balaban J connectivity index is 1.44. The second kappa shape index (κ2) is 7.25. The zero-order valence-electron chi connectivity index (χ0n) is 14.8. The highest BCUT2D eigenvalue weighted by atomic mass is 32.2. The van der Waals surface area contributed by atoms with Gasteiger partial charge in [0.2, 0.25) is 15.9 Å². The molecule has 1 aliphatic heterocycles. The summed E-state index contributed by atoms with van der Waals surface area (Å²) >= 11 is 0. The first kappa shape index (κ1) is 17.9. The molecule has 4 rings (SSSR count). The number of fused-ring (bicyclic) bond motifs is 1. The molecule has 0 aromatic heterocycles. The molecule has 0 saturated heterocycles. The van der Waals surface area contributed by atoms with E-state index in [0.29, 0.717) is 25.7 Å². The van der Waals surface area contributed by atoms with Crippen LogP contribution in [0.4, 0.5) is 0 Å². The van der Waals surface area contributed by atoms with Crippen LogP contribution in [0, 0.1) is 0 Å². The maximum Gasteiger partial charge on any atom is 0.240 e. The van der Waals surface area contributed by atoms with Gasteiger partial charge in [-0.1, -0.05) is 42.5 Å². The molecule has 0 spiro atoms. The van der Waals surface area contributed by atoms with E-state index in [4.69, 9.17) is 0 Å². The molecule has 0 saturated carbocycles. The van der Waals surface area contributed by atoms with Gasteiger partial charge in [-0.05, 0) is 41.2 Å². The molecule has 2 N–H and O–H groups in total. The molecule has 1 unspecified atom stereocenters. The van der Waals surface area contributed by atoms with Gasteiger partial charge in [0.1, 0.15) is 0 Å². The predicted molar refractivity (Wildman–Crippen MR) is 104 cm³/mol. The smallest absolute Gasteiger partial charge is 0.240 e. The van der Waals surface area contributed by atoms with Crippen LogP contribution in [0.25, 0.3) is 0 Å². The molecule has 1 heterocycles. The Morgan fingerprint density at radius 3 is 2.56 bits per heavy atom. The lowest BCUT2D eigenvalue weighted by molar-refractivity contribution is -0.121. The summed E-state index contributed by atoms with van der Waals surface area (Å²) in [5, 5.41) is 4.14. The monoisotopic (exact) mass is 383 g/mol. The van der Waals surface area contributed by atoms with Crippen molar-refractivity contribution in [2.45, 2.75) is 37.5 Å². The topological polar surface area (TPSA) is 87.6 Å². The third-order valence-electron chi connectivity index (χ3n) is 4.92. The van der Waals surface area contributed by atoms with Crippen LogP contribution in [0.15, 0.2) is 53.6 Å². The number of nitrogens with one attached hydrogen (secondary N) is 2. The molecule has 0 bridgehead atoms. The first-order valence-electron chi connectivity index (χ1n) is 9.00. The quantitative estimate of drug-likeness (QED) is 0.826. The number of nitrogens with zero attached hydrogens (tertiary/aromatic N) is 1. The van der Waals surface area contributed by atoms with Crippen LogP contribution in [-0.2, 0) is 33.4 Å². The summed E-state index contributed by atoms with van der Waals surface area (Å²) in [5.41, 5.74) is 7.45. The van der Waals surface area contributed by atoms with Crippen LogP contribution in [0.5, 0.6) is 0 Å². The van der Waals surface area contributed by atoms with E-state index in [-0.39, 0.29) is 17.7 Å². The number of sulfonamides is 1. The zero-order chi connectivity index (χ0) is 18.9. The van der Waals surface area contributed by atoms with Crippen molar-refractivity contribution in [1.82, 2.24) is 10.1 Å². The number of carbonyl (C=O) groups is 1. The molecule has 0 radical (unpaired) electrons. The number of carbonyl (C=O) groups excluding carboxylic acids is 1. The van der Waals surface area contributed by atoms with Gasteiger partial charge in [0, 0.05) is 18.9 Å². The first-order chi connectivity index (χ1) is 13.0. The zero-order valence-corrected chi connectivity index (χ0v) is 15.6. The van der Waals surface area contributed by atoms with Crippen molar-refractivity contribution in [1.29, 1.82) is 0 Å².